The van der Waals surface area contributed by atoms with Crippen LogP contribution in [0.1, 0.15) is 42.5 Å². The number of fused-ring (bicyclic) bond motifs is 1. The van der Waals surface area contributed by atoms with Crippen LogP contribution < -0.4 is 4.74 Å². The second-order valence-corrected chi connectivity index (χ2v) is 7.71. The van der Waals surface area contributed by atoms with E-state index < -0.39 is 0 Å². The fourth-order valence-corrected chi connectivity index (χ4v) is 4.54. The third-order valence-electron chi connectivity index (χ3n) is 5.78. The molecule has 1 amide bonds. The van der Waals surface area contributed by atoms with Crippen LogP contribution in [0.3, 0.4) is 0 Å². The number of likely N-dealkylation sites (tertiary alicyclic amines) is 2. The predicted molar refractivity (Wildman–Crippen MR) is 92.1 cm³/mol. The van der Waals surface area contributed by atoms with Crippen molar-refractivity contribution in [3.63, 3.8) is 0 Å². The molecule has 1 aliphatic carbocycles. The highest BCUT2D eigenvalue weighted by Gasteiger charge is 2.40. The molecular weight excluding hydrogens is 302 g/mol. The van der Waals surface area contributed by atoms with Gasteiger partial charge in [-0.3, -0.25) is 4.79 Å². The lowest BCUT2D eigenvalue weighted by molar-refractivity contribution is 0.0774. The monoisotopic (exact) mass is 329 g/mol. The lowest BCUT2D eigenvalue weighted by atomic mass is 9.98. The topological polar surface area (TPSA) is 45.7 Å². The van der Waals surface area contributed by atoms with Gasteiger partial charge in [-0.05, 0) is 50.6 Å². The van der Waals surface area contributed by atoms with Gasteiger partial charge in [0.25, 0.3) is 5.91 Å². The van der Waals surface area contributed by atoms with E-state index in [1.54, 1.807) is 6.20 Å². The molecule has 1 saturated carbocycles. The first-order valence-electron chi connectivity index (χ1n) is 9.29. The van der Waals surface area contributed by atoms with Gasteiger partial charge in [0.2, 0.25) is 5.88 Å². The number of amides is 1. The number of aromatic nitrogens is 1. The van der Waals surface area contributed by atoms with Gasteiger partial charge in [-0.25, -0.2) is 4.98 Å². The van der Waals surface area contributed by atoms with Gasteiger partial charge in [0.1, 0.15) is 6.10 Å². The Labute approximate surface area is 144 Å². The van der Waals surface area contributed by atoms with E-state index in [1.807, 2.05) is 17.0 Å². The van der Waals surface area contributed by atoms with Crippen LogP contribution in [-0.4, -0.2) is 60.0 Å². The molecule has 0 N–H and O–H groups in total. The Hall–Kier alpha value is -1.62. The Morgan fingerprint density at radius 1 is 1.12 bits per heavy atom. The third-order valence-corrected chi connectivity index (χ3v) is 5.78. The Morgan fingerprint density at radius 3 is 2.54 bits per heavy atom. The van der Waals surface area contributed by atoms with Crippen LogP contribution >= 0.6 is 0 Å². The van der Waals surface area contributed by atoms with Crippen LogP contribution in [0.15, 0.2) is 18.3 Å². The molecule has 0 aromatic carbocycles. The summed E-state index contributed by atoms with van der Waals surface area (Å²) in [6, 6.07) is 3.65. The Balaban J connectivity index is 1.40. The van der Waals surface area contributed by atoms with Crippen molar-refractivity contribution in [1.82, 2.24) is 14.8 Å². The van der Waals surface area contributed by atoms with E-state index in [-0.39, 0.29) is 12.0 Å². The van der Waals surface area contributed by atoms with E-state index in [2.05, 4.69) is 16.9 Å². The van der Waals surface area contributed by atoms with Gasteiger partial charge in [-0.1, -0.05) is 6.42 Å². The van der Waals surface area contributed by atoms with Gasteiger partial charge in [0.15, 0.2) is 0 Å². The summed E-state index contributed by atoms with van der Waals surface area (Å²) in [6.07, 6.45) is 7.93. The van der Waals surface area contributed by atoms with Crippen LogP contribution in [0.5, 0.6) is 5.88 Å². The van der Waals surface area contributed by atoms with Crippen molar-refractivity contribution < 1.29 is 9.53 Å². The van der Waals surface area contributed by atoms with Gasteiger partial charge >= 0.3 is 0 Å². The second-order valence-electron chi connectivity index (χ2n) is 7.71. The summed E-state index contributed by atoms with van der Waals surface area (Å²) in [4.78, 5) is 21.5. The molecule has 4 rings (SSSR count). The van der Waals surface area contributed by atoms with Crippen molar-refractivity contribution in [1.29, 1.82) is 0 Å². The lowest BCUT2D eigenvalue weighted by Crippen LogP contribution is -2.32. The molecule has 130 valence electrons. The normalized spacial score (nSPS) is 28.1. The maximum absolute atomic E-state index is 12.8. The average Bonchev–Trinajstić information content (AvgIpc) is 3.13. The number of pyridine rings is 1. The summed E-state index contributed by atoms with van der Waals surface area (Å²) in [5.74, 6) is 2.01. The fourth-order valence-electron chi connectivity index (χ4n) is 4.54. The minimum absolute atomic E-state index is 0.128. The molecule has 0 radical (unpaired) electrons. The Morgan fingerprint density at radius 2 is 1.83 bits per heavy atom. The maximum Gasteiger partial charge on any atom is 0.254 e. The number of hydrogen-bond acceptors (Lipinski definition) is 4. The summed E-state index contributed by atoms with van der Waals surface area (Å²) in [5, 5.41) is 0. The standard InChI is InChI=1S/C19H27N3O2/c1-21-10-15-12-22(13-16(15)11-21)19(23)14-7-8-20-18(9-14)24-17-5-3-2-4-6-17/h7-9,15-17H,2-6,10-13H2,1H3/t15-,16+. The molecule has 2 atom stereocenters. The maximum atomic E-state index is 12.8. The molecule has 1 aromatic rings. The largest absolute Gasteiger partial charge is 0.474 e. The summed E-state index contributed by atoms with van der Waals surface area (Å²) in [6.45, 7) is 3.99. The molecule has 0 bridgehead atoms. The van der Waals surface area contributed by atoms with Crippen molar-refractivity contribution >= 4 is 5.91 Å². The van der Waals surface area contributed by atoms with Crippen LogP contribution in [0.25, 0.3) is 0 Å². The number of hydrogen-bond donors (Lipinski definition) is 0. The van der Waals surface area contributed by atoms with Crippen molar-refractivity contribution in [3.05, 3.63) is 23.9 Å². The van der Waals surface area contributed by atoms with Crippen molar-refractivity contribution in [2.45, 2.75) is 38.2 Å². The molecule has 0 spiro atoms. The van der Waals surface area contributed by atoms with Crippen LogP contribution in [0.4, 0.5) is 0 Å². The number of carbonyl (C=O) groups excluding carboxylic acids is 1. The minimum atomic E-state index is 0.128. The van der Waals surface area contributed by atoms with Gasteiger partial charge in [-0.2, -0.15) is 0 Å². The Bertz CT molecular complexity index is 586. The zero-order valence-corrected chi connectivity index (χ0v) is 14.5. The van der Waals surface area contributed by atoms with E-state index in [0.717, 1.165) is 39.0 Å². The molecule has 5 heteroatoms. The highest BCUT2D eigenvalue weighted by molar-refractivity contribution is 5.94. The number of rotatable bonds is 3. The van der Waals surface area contributed by atoms with E-state index >= 15 is 0 Å². The molecule has 3 heterocycles. The molecule has 3 fully saturated rings. The molecular formula is C19H27N3O2. The SMILES string of the molecule is CN1C[C@@H]2CN(C(=O)c3ccnc(OC4CCCCC4)c3)C[C@@H]2C1. The molecule has 2 saturated heterocycles. The van der Waals surface area contributed by atoms with E-state index in [9.17, 15) is 4.79 Å². The van der Waals surface area contributed by atoms with E-state index in [4.69, 9.17) is 4.74 Å². The molecule has 3 aliphatic rings. The van der Waals surface area contributed by atoms with Crippen molar-refractivity contribution in [2.24, 2.45) is 11.8 Å². The van der Waals surface area contributed by atoms with Crippen molar-refractivity contribution in [2.75, 3.05) is 33.2 Å². The molecule has 1 aromatic heterocycles. The zero-order chi connectivity index (χ0) is 16.5. The van der Waals surface area contributed by atoms with Gasteiger partial charge in [0, 0.05) is 44.0 Å². The minimum Gasteiger partial charge on any atom is -0.474 e. The lowest BCUT2D eigenvalue weighted by Gasteiger charge is -2.23. The summed E-state index contributed by atoms with van der Waals surface area (Å²) >= 11 is 0. The third kappa shape index (κ3) is 3.27. The fraction of sp³-hybridized carbons (Fsp3) is 0.684. The van der Waals surface area contributed by atoms with Crippen LogP contribution in [0, 0.1) is 11.8 Å². The highest BCUT2D eigenvalue weighted by atomic mass is 16.5. The smallest absolute Gasteiger partial charge is 0.254 e. The zero-order valence-electron chi connectivity index (χ0n) is 14.5. The van der Waals surface area contributed by atoms with Crippen LogP contribution in [0.2, 0.25) is 0 Å². The number of ether oxygens (including phenoxy) is 1. The summed E-state index contributed by atoms with van der Waals surface area (Å²) < 4.78 is 6.01. The van der Waals surface area contributed by atoms with E-state index in [1.165, 1.54) is 19.3 Å². The van der Waals surface area contributed by atoms with Gasteiger partial charge in [-0.15, -0.1) is 0 Å². The first-order valence-corrected chi connectivity index (χ1v) is 9.29. The number of carbonyl (C=O) groups is 1. The predicted octanol–water partition coefficient (Wildman–Crippen LogP) is 2.43. The highest BCUT2D eigenvalue weighted by Crippen LogP contribution is 2.31. The first kappa shape index (κ1) is 15.9. The second kappa shape index (κ2) is 6.71. The van der Waals surface area contributed by atoms with Crippen LogP contribution in [-0.2, 0) is 0 Å². The van der Waals surface area contributed by atoms with Crippen molar-refractivity contribution in [3.8, 4) is 5.88 Å². The molecule has 2 aliphatic heterocycles. The van der Waals surface area contributed by atoms with Gasteiger partial charge in [0.05, 0.1) is 0 Å². The first-order chi connectivity index (χ1) is 11.7. The molecule has 5 nitrogen and oxygen atoms in total. The summed E-state index contributed by atoms with van der Waals surface area (Å²) in [7, 11) is 2.17. The Kier molecular flexibility index (Phi) is 4.44. The molecule has 0 unspecified atom stereocenters. The molecule has 24 heavy (non-hydrogen) atoms. The van der Waals surface area contributed by atoms with E-state index in [0.29, 0.717) is 23.3 Å². The number of nitrogens with zero attached hydrogens (tertiary/aromatic N) is 3. The van der Waals surface area contributed by atoms with Gasteiger partial charge < -0.3 is 14.5 Å². The average molecular weight is 329 g/mol. The summed E-state index contributed by atoms with van der Waals surface area (Å²) in [5.41, 5.74) is 0.712. The quantitative estimate of drug-likeness (QED) is 0.854.